The number of fused-ring (bicyclic) bond motifs is 1. The average Bonchev–Trinajstić information content (AvgIpc) is 2.99. The van der Waals surface area contributed by atoms with Gasteiger partial charge in [0.05, 0.1) is 5.56 Å². The number of hydrogen-bond acceptors (Lipinski definition) is 5. The van der Waals surface area contributed by atoms with Crippen molar-refractivity contribution in [3.63, 3.8) is 0 Å². The van der Waals surface area contributed by atoms with Gasteiger partial charge in [-0.1, -0.05) is 13.0 Å². The van der Waals surface area contributed by atoms with E-state index in [4.69, 9.17) is 0 Å². The summed E-state index contributed by atoms with van der Waals surface area (Å²) in [5, 5.41) is 13.2. The van der Waals surface area contributed by atoms with E-state index < -0.39 is 35.6 Å². The van der Waals surface area contributed by atoms with Crippen LogP contribution >= 0.6 is 0 Å². The lowest BCUT2D eigenvalue weighted by Crippen LogP contribution is -2.46. The molecule has 0 aliphatic carbocycles. The third-order valence-corrected chi connectivity index (χ3v) is 4.42. The zero-order valence-electron chi connectivity index (χ0n) is 15.2. The van der Waals surface area contributed by atoms with Gasteiger partial charge < -0.3 is 10.4 Å². The maximum absolute atomic E-state index is 12.8. The Morgan fingerprint density at radius 1 is 1.38 bits per heavy atom. The van der Waals surface area contributed by atoms with Gasteiger partial charge in [0.2, 0.25) is 0 Å². The number of alkyl halides is 3. The van der Waals surface area contributed by atoms with Crippen molar-refractivity contribution >= 4 is 23.6 Å². The molecule has 0 saturated heterocycles. The van der Waals surface area contributed by atoms with Gasteiger partial charge in [0, 0.05) is 24.1 Å². The van der Waals surface area contributed by atoms with Gasteiger partial charge in [0.25, 0.3) is 11.8 Å². The standard InChI is InChI=1S/C18H17F3N4O4/c1-2-6-25-14-11(13(24-25)17(28)29)8-12(16(27)23-14)22-15(26)9-4-3-5-10(7-9)18(19,20)21/h3-5,7,12,24H,2,6,8H2,1H3,(H,22,26)(H,28,29). The third-order valence-electron chi connectivity index (χ3n) is 4.42. The molecule has 0 radical (unpaired) electrons. The molecular formula is C18H17F3N4O4. The molecular weight excluding hydrogens is 393 g/mol. The van der Waals surface area contributed by atoms with Crippen LogP contribution in [0.2, 0.25) is 0 Å². The summed E-state index contributed by atoms with van der Waals surface area (Å²) in [5.41, 5.74) is 1.51. The van der Waals surface area contributed by atoms with Gasteiger partial charge in [-0.3, -0.25) is 20.0 Å². The second kappa shape index (κ2) is 7.57. The Morgan fingerprint density at radius 3 is 2.72 bits per heavy atom. The molecule has 2 heterocycles. The van der Waals surface area contributed by atoms with Crippen LogP contribution in [0, 0.1) is 0 Å². The van der Waals surface area contributed by atoms with Crippen molar-refractivity contribution in [1.82, 2.24) is 15.8 Å². The van der Waals surface area contributed by atoms with Crippen molar-refractivity contribution in [3.05, 3.63) is 46.7 Å². The predicted octanol–water partition coefficient (Wildman–Crippen LogP) is 1.70. The molecule has 2 amide bonds. The number of carbonyl (C=O) groups excluding carboxylic acids is 2. The molecule has 1 unspecified atom stereocenters. The molecule has 0 fully saturated rings. The summed E-state index contributed by atoms with van der Waals surface area (Å²) in [6.07, 6.45) is -4.09. The summed E-state index contributed by atoms with van der Waals surface area (Å²) < 4.78 is 38.5. The molecule has 3 N–H and O–H groups in total. The number of carboxylic acids is 1. The number of nitrogens with zero attached hydrogens (tertiary/aromatic N) is 2. The first-order valence-electron chi connectivity index (χ1n) is 8.73. The lowest BCUT2D eigenvalue weighted by atomic mass is 9.99. The molecule has 2 aliphatic heterocycles. The van der Waals surface area contributed by atoms with Gasteiger partial charge in [-0.05, 0) is 24.6 Å². The molecule has 29 heavy (non-hydrogen) atoms. The minimum absolute atomic E-state index is 0.142. The predicted molar refractivity (Wildman–Crippen MR) is 94.6 cm³/mol. The lowest BCUT2D eigenvalue weighted by Gasteiger charge is -2.25. The largest absolute Gasteiger partial charge is 0.477 e. The Morgan fingerprint density at radius 2 is 2.10 bits per heavy atom. The number of carboxylic acid groups (broad SMARTS) is 1. The number of hydrogen-bond donors (Lipinski definition) is 3. The number of rotatable bonds is 5. The highest BCUT2D eigenvalue weighted by atomic mass is 19.4. The summed E-state index contributed by atoms with van der Waals surface area (Å²) in [5.74, 6) is -2.66. The van der Waals surface area contributed by atoms with Crippen LogP contribution in [0.4, 0.5) is 13.2 Å². The normalized spacial score (nSPS) is 18.9. The fourth-order valence-corrected chi connectivity index (χ4v) is 3.08. The fourth-order valence-electron chi connectivity index (χ4n) is 3.08. The van der Waals surface area contributed by atoms with Crippen molar-refractivity contribution in [2.24, 2.45) is 4.99 Å². The first-order chi connectivity index (χ1) is 13.6. The van der Waals surface area contributed by atoms with Gasteiger partial charge in [-0.25, -0.2) is 4.79 Å². The first-order valence-corrected chi connectivity index (χ1v) is 8.73. The van der Waals surface area contributed by atoms with Crippen LogP contribution in [-0.4, -0.2) is 46.3 Å². The van der Waals surface area contributed by atoms with Crippen molar-refractivity contribution in [3.8, 4) is 0 Å². The zero-order chi connectivity index (χ0) is 21.3. The van der Waals surface area contributed by atoms with E-state index in [0.717, 1.165) is 12.1 Å². The fraction of sp³-hybridized carbons (Fsp3) is 0.333. The number of nitrogens with one attached hydrogen (secondary N) is 2. The van der Waals surface area contributed by atoms with Crippen LogP contribution in [-0.2, 0) is 15.8 Å². The minimum Gasteiger partial charge on any atom is -0.477 e. The number of hydrazine groups is 1. The Kier molecular flexibility index (Phi) is 5.31. The van der Waals surface area contributed by atoms with Gasteiger partial charge in [-0.2, -0.15) is 18.2 Å². The summed E-state index contributed by atoms with van der Waals surface area (Å²) in [7, 11) is 0. The van der Waals surface area contributed by atoms with Crippen molar-refractivity contribution in [2.45, 2.75) is 32.0 Å². The first kappa shape index (κ1) is 20.4. The lowest BCUT2D eigenvalue weighted by molar-refractivity contribution is -0.137. The highest BCUT2D eigenvalue weighted by Crippen LogP contribution is 2.30. The van der Waals surface area contributed by atoms with Crippen LogP contribution in [0.1, 0.15) is 35.7 Å². The second-order valence-electron chi connectivity index (χ2n) is 6.50. The number of aliphatic imine (C=N–C) groups is 1. The highest BCUT2D eigenvalue weighted by Gasteiger charge is 2.39. The second-order valence-corrected chi connectivity index (χ2v) is 6.50. The number of benzene rings is 1. The minimum atomic E-state index is -4.62. The van der Waals surface area contributed by atoms with Crippen molar-refractivity contribution < 1.29 is 32.7 Å². The summed E-state index contributed by atoms with van der Waals surface area (Å²) in [6.45, 7) is 2.27. The van der Waals surface area contributed by atoms with Gasteiger partial charge in [-0.15, -0.1) is 0 Å². The molecule has 0 saturated carbocycles. The van der Waals surface area contributed by atoms with Crippen molar-refractivity contribution in [2.75, 3.05) is 6.54 Å². The van der Waals surface area contributed by atoms with Crippen molar-refractivity contribution in [1.29, 1.82) is 0 Å². The number of carbonyl (C=O) groups is 3. The molecule has 11 heteroatoms. The molecule has 0 spiro atoms. The molecule has 2 aliphatic rings. The third kappa shape index (κ3) is 4.08. The van der Waals surface area contributed by atoms with E-state index in [9.17, 15) is 32.7 Å². The Labute approximate surface area is 163 Å². The molecule has 154 valence electrons. The molecule has 0 aromatic heterocycles. The van der Waals surface area contributed by atoms with Crippen LogP contribution < -0.4 is 10.7 Å². The van der Waals surface area contributed by atoms with E-state index in [2.05, 4.69) is 15.7 Å². The molecule has 1 aromatic rings. The maximum atomic E-state index is 12.8. The summed E-state index contributed by atoms with van der Waals surface area (Å²) in [6, 6.07) is 2.60. The van der Waals surface area contributed by atoms with Crippen LogP contribution in [0.5, 0.6) is 0 Å². The number of aliphatic carboxylic acids is 1. The maximum Gasteiger partial charge on any atom is 0.416 e. The molecule has 8 nitrogen and oxygen atoms in total. The molecule has 1 atom stereocenters. The molecule has 3 rings (SSSR count). The summed E-state index contributed by atoms with van der Waals surface area (Å²) in [4.78, 5) is 40.1. The van der Waals surface area contributed by atoms with Gasteiger partial charge >= 0.3 is 12.1 Å². The smallest absolute Gasteiger partial charge is 0.416 e. The van der Waals surface area contributed by atoms with Crippen LogP contribution in [0.15, 0.2) is 40.5 Å². The van der Waals surface area contributed by atoms with E-state index in [1.165, 1.54) is 11.1 Å². The quantitative estimate of drug-likeness (QED) is 0.682. The van der Waals surface area contributed by atoms with E-state index in [0.29, 0.717) is 19.0 Å². The van der Waals surface area contributed by atoms with Gasteiger partial charge in [0.15, 0.2) is 5.84 Å². The van der Waals surface area contributed by atoms with E-state index >= 15 is 0 Å². The Hall–Kier alpha value is -3.37. The number of amidine groups is 1. The van der Waals surface area contributed by atoms with Gasteiger partial charge in [0.1, 0.15) is 11.7 Å². The van der Waals surface area contributed by atoms with Crippen LogP contribution in [0.25, 0.3) is 0 Å². The highest BCUT2D eigenvalue weighted by molar-refractivity contribution is 6.15. The number of halogens is 3. The SMILES string of the molecule is CCCN1NC(C(=O)O)=C2CC(NC(=O)c3cccc(C(F)(F)F)c3)C(=O)N=C21. The van der Waals surface area contributed by atoms with E-state index in [1.807, 2.05) is 6.92 Å². The summed E-state index contributed by atoms with van der Waals surface area (Å²) >= 11 is 0. The van der Waals surface area contributed by atoms with E-state index in [1.54, 1.807) is 0 Å². The Balaban J connectivity index is 1.84. The topological polar surface area (TPSA) is 111 Å². The average molecular weight is 410 g/mol. The monoisotopic (exact) mass is 410 g/mol. The zero-order valence-corrected chi connectivity index (χ0v) is 15.2. The molecule has 1 aromatic carbocycles. The molecule has 0 bridgehead atoms. The van der Waals surface area contributed by atoms with E-state index in [-0.39, 0.29) is 29.1 Å². The van der Waals surface area contributed by atoms with Crippen LogP contribution in [0.3, 0.4) is 0 Å². The number of amides is 2. The Bertz CT molecular complexity index is 939.